The monoisotopic (exact) mass is 357 g/mol. The van der Waals surface area contributed by atoms with Gasteiger partial charge in [-0.1, -0.05) is 12.2 Å². The maximum atomic E-state index is 12.4. The SMILES string of the molecule is CC=Cc1cnn2c(N)cc(C3CCCN(C(=O)OC(C)(C)C)C3)nc12. The minimum atomic E-state index is -0.495. The van der Waals surface area contributed by atoms with E-state index in [1.165, 1.54) is 0 Å². The standard InChI is InChI=1S/C19H27N5O2/c1-5-7-13-11-21-24-16(20)10-15(22-17(13)24)14-8-6-9-23(12-14)18(25)26-19(2,3)4/h5,7,10-11,14H,6,8-9,12,20H2,1-4H3. The number of anilines is 1. The van der Waals surface area contributed by atoms with Crippen molar-refractivity contribution in [1.82, 2.24) is 19.5 Å². The van der Waals surface area contributed by atoms with E-state index < -0.39 is 5.60 Å². The van der Waals surface area contributed by atoms with Crippen LogP contribution < -0.4 is 5.73 Å². The van der Waals surface area contributed by atoms with Crippen LogP contribution in [0, 0.1) is 0 Å². The fourth-order valence-electron chi connectivity index (χ4n) is 3.24. The molecule has 0 saturated carbocycles. The molecule has 3 heterocycles. The lowest BCUT2D eigenvalue weighted by atomic mass is 9.94. The van der Waals surface area contributed by atoms with Crippen molar-refractivity contribution in [2.75, 3.05) is 18.8 Å². The minimum absolute atomic E-state index is 0.136. The van der Waals surface area contributed by atoms with Gasteiger partial charge in [-0.15, -0.1) is 0 Å². The fraction of sp³-hybridized carbons (Fsp3) is 0.526. The summed E-state index contributed by atoms with van der Waals surface area (Å²) in [7, 11) is 0. The van der Waals surface area contributed by atoms with Crippen molar-refractivity contribution in [3.05, 3.63) is 29.6 Å². The normalized spacial score (nSPS) is 18.6. The molecule has 0 aliphatic carbocycles. The van der Waals surface area contributed by atoms with Gasteiger partial charge in [-0.25, -0.2) is 9.78 Å². The summed E-state index contributed by atoms with van der Waals surface area (Å²) in [5, 5.41) is 4.30. The van der Waals surface area contributed by atoms with Gasteiger partial charge in [0.2, 0.25) is 0 Å². The summed E-state index contributed by atoms with van der Waals surface area (Å²) < 4.78 is 7.16. The molecule has 1 amide bonds. The third-order valence-electron chi connectivity index (χ3n) is 4.38. The summed E-state index contributed by atoms with van der Waals surface area (Å²) in [5.41, 5.74) is 8.26. The number of piperidine rings is 1. The molecule has 1 fully saturated rings. The van der Waals surface area contributed by atoms with Crippen LogP contribution in [-0.4, -0.2) is 44.3 Å². The molecular formula is C19H27N5O2. The molecule has 1 saturated heterocycles. The van der Waals surface area contributed by atoms with Crippen LogP contribution in [0.3, 0.4) is 0 Å². The number of likely N-dealkylation sites (tertiary alicyclic amines) is 1. The highest BCUT2D eigenvalue weighted by atomic mass is 16.6. The third kappa shape index (κ3) is 3.81. The lowest BCUT2D eigenvalue weighted by Crippen LogP contribution is -2.42. The Hall–Kier alpha value is -2.57. The van der Waals surface area contributed by atoms with Crippen molar-refractivity contribution < 1.29 is 9.53 Å². The highest BCUT2D eigenvalue weighted by Crippen LogP contribution is 2.29. The molecule has 0 spiro atoms. The fourth-order valence-corrected chi connectivity index (χ4v) is 3.24. The number of amides is 1. The Morgan fingerprint density at radius 3 is 2.88 bits per heavy atom. The first-order chi connectivity index (χ1) is 12.3. The smallest absolute Gasteiger partial charge is 0.410 e. The van der Waals surface area contributed by atoms with Gasteiger partial charge >= 0.3 is 6.09 Å². The molecule has 26 heavy (non-hydrogen) atoms. The molecule has 0 radical (unpaired) electrons. The quantitative estimate of drug-likeness (QED) is 0.889. The summed E-state index contributed by atoms with van der Waals surface area (Å²) in [6.45, 7) is 8.89. The van der Waals surface area contributed by atoms with Crippen molar-refractivity contribution in [2.45, 2.75) is 52.1 Å². The molecule has 1 unspecified atom stereocenters. The van der Waals surface area contributed by atoms with Crippen LogP contribution in [-0.2, 0) is 4.74 Å². The van der Waals surface area contributed by atoms with Crippen molar-refractivity contribution in [2.24, 2.45) is 0 Å². The third-order valence-corrected chi connectivity index (χ3v) is 4.38. The Morgan fingerprint density at radius 1 is 1.42 bits per heavy atom. The second kappa shape index (κ2) is 6.97. The summed E-state index contributed by atoms with van der Waals surface area (Å²) in [5.74, 6) is 0.687. The lowest BCUT2D eigenvalue weighted by molar-refractivity contribution is 0.0197. The van der Waals surface area contributed by atoms with Gasteiger partial charge < -0.3 is 15.4 Å². The number of allylic oxidation sites excluding steroid dienone is 1. The number of hydrogen-bond donors (Lipinski definition) is 1. The number of carbonyl (C=O) groups excluding carboxylic acids is 1. The zero-order valence-electron chi connectivity index (χ0n) is 15.9. The van der Waals surface area contributed by atoms with Crippen molar-refractivity contribution in [1.29, 1.82) is 0 Å². The number of carbonyl (C=O) groups is 1. The number of aromatic nitrogens is 3. The second-order valence-electron chi connectivity index (χ2n) is 7.71. The summed E-state index contributed by atoms with van der Waals surface area (Å²) in [4.78, 5) is 19.0. The minimum Gasteiger partial charge on any atom is -0.444 e. The largest absolute Gasteiger partial charge is 0.444 e. The molecule has 3 rings (SSSR count). The topological polar surface area (TPSA) is 85.8 Å². The van der Waals surface area contributed by atoms with Gasteiger partial charge in [-0.2, -0.15) is 9.61 Å². The molecule has 2 N–H and O–H groups in total. The van der Waals surface area contributed by atoms with Crippen molar-refractivity contribution >= 4 is 23.6 Å². The second-order valence-corrected chi connectivity index (χ2v) is 7.71. The van der Waals surface area contributed by atoms with Crippen LogP contribution >= 0.6 is 0 Å². The van der Waals surface area contributed by atoms with Crippen LogP contribution in [0.4, 0.5) is 10.6 Å². The Balaban J connectivity index is 1.86. The van der Waals surface area contributed by atoms with Crippen LogP contribution in [0.1, 0.15) is 57.7 Å². The maximum absolute atomic E-state index is 12.4. The van der Waals surface area contributed by atoms with Gasteiger partial charge in [0, 0.05) is 30.6 Å². The highest BCUT2D eigenvalue weighted by molar-refractivity contribution is 5.69. The van der Waals surface area contributed by atoms with Gasteiger partial charge in [-0.05, 0) is 40.5 Å². The Labute approximate surface area is 153 Å². The molecule has 1 atom stereocenters. The van der Waals surface area contributed by atoms with E-state index in [2.05, 4.69) is 5.10 Å². The average Bonchev–Trinajstić information content (AvgIpc) is 2.97. The lowest BCUT2D eigenvalue weighted by Gasteiger charge is -2.34. The van der Waals surface area contributed by atoms with Crippen molar-refractivity contribution in [3.63, 3.8) is 0 Å². The predicted octanol–water partition coefficient (Wildman–Crippen LogP) is 3.46. The van der Waals surface area contributed by atoms with Crippen LogP contribution in [0.25, 0.3) is 11.7 Å². The zero-order chi connectivity index (χ0) is 18.9. The molecule has 140 valence electrons. The van der Waals surface area contributed by atoms with E-state index in [-0.39, 0.29) is 12.0 Å². The Kier molecular flexibility index (Phi) is 4.89. The van der Waals surface area contributed by atoms with Crippen LogP contribution in [0.15, 0.2) is 18.3 Å². The predicted molar refractivity (Wildman–Crippen MR) is 102 cm³/mol. The average molecular weight is 357 g/mol. The van der Waals surface area contributed by atoms with E-state index in [9.17, 15) is 4.79 Å². The van der Waals surface area contributed by atoms with E-state index in [1.807, 2.05) is 45.9 Å². The first kappa shape index (κ1) is 18.2. The molecular weight excluding hydrogens is 330 g/mol. The Bertz CT molecular complexity index is 834. The summed E-state index contributed by atoms with van der Waals surface area (Å²) >= 11 is 0. The number of nitrogens with zero attached hydrogens (tertiary/aromatic N) is 4. The first-order valence-corrected chi connectivity index (χ1v) is 9.03. The van der Waals surface area contributed by atoms with Gasteiger partial charge in [0.15, 0.2) is 5.65 Å². The molecule has 7 heteroatoms. The first-order valence-electron chi connectivity index (χ1n) is 9.03. The number of fused-ring (bicyclic) bond motifs is 1. The van der Waals surface area contributed by atoms with Gasteiger partial charge in [0.1, 0.15) is 11.4 Å². The highest BCUT2D eigenvalue weighted by Gasteiger charge is 2.29. The van der Waals surface area contributed by atoms with Crippen LogP contribution in [0.5, 0.6) is 0 Å². The van der Waals surface area contributed by atoms with Crippen molar-refractivity contribution in [3.8, 4) is 0 Å². The molecule has 1 aliphatic rings. The molecule has 0 bridgehead atoms. The van der Waals surface area contributed by atoms with Gasteiger partial charge in [0.05, 0.1) is 11.9 Å². The van der Waals surface area contributed by atoms with E-state index in [0.717, 1.165) is 29.7 Å². The Morgan fingerprint density at radius 2 is 2.19 bits per heavy atom. The molecule has 2 aromatic heterocycles. The summed E-state index contributed by atoms with van der Waals surface area (Å²) in [6, 6.07) is 1.86. The molecule has 1 aliphatic heterocycles. The van der Waals surface area contributed by atoms with Gasteiger partial charge in [0.25, 0.3) is 0 Å². The van der Waals surface area contributed by atoms with E-state index in [4.69, 9.17) is 15.5 Å². The van der Waals surface area contributed by atoms with Gasteiger partial charge in [-0.3, -0.25) is 0 Å². The summed E-state index contributed by atoms with van der Waals surface area (Å²) in [6.07, 6.45) is 7.29. The molecule has 0 aromatic carbocycles. The number of rotatable bonds is 2. The molecule has 2 aromatic rings. The number of nitrogens with two attached hydrogens (primary N) is 1. The number of ether oxygens (including phenoxy) is 1. The van der Waals surface area contributed by atoms with Crippen LogP contribution in [0.2, 0.25) is 0 Å². The van der Waals surface area contributed by atoms with E-state index in [0.29, 0.717) is 18.9 Å². The molecule has 7 nitrogen and oxygen atoms in total. The van der Waals surface area contributed by atoms with E-state index in [1.54, 1.807) is 15.6 Å². The number of hydrogen-bond acceptors (Lipinski definition) is 5. The zero-order valence-corrected chi connectivity index (χ0v) is 15.9. The maximum Gasteiger partial charge on any atom is 0.410 e. The van der Waals surface area contributed by atoms with E-state index >= 15 is 0 Å². The number of nitrogen functional groups attached to an aromatic ring is 1.